The van der Waals surface area contributed by atoms with Crippen LogP contribution < -0.4 is 9.47 Å². The molecule has 9 heteroatoms. The number of nitrogens with zero attached hydrogens (tertiary/aromatic N) is 2. The van der Waals surface area contributed by atoms with Gasteiger partial charge in [-0.3, -0.25) is 9.59 Å². The predicted octanol–water partition coefficient (Wildman–Crippen LogP) is 4.79. The van der Waals surface area contributed by atoms with Crippen molar-refractivity contribution in [3.8, 4) is 11.5 Å². The SMILES string of the molecule is COc1cccc(COc2ccc(CC(=O)N3CCCC3c3ncc(CCC(=O)O)s3)cc2F)c1. The summed E-state index contributed by atoms with van der Waals surface area (Å²) in [6, 6.07) is 11.9. The quantitative estimate of drug-likeness (QED) is 0.432. The highest BCUT2D eigenvalue weighted by atomic mass is 32.1. The van der Waals surface area contributed by atoms with Crippen LogP contribution in [0.4, 0.5) is 4.39 Å². The molecular weight excluding hydrogens is 471 g/mol. The summed E-state index contributed by atoms with van der Waals surface area (Å²) in [5.74, 6) is -0.616. The minimum Gasteiger partial charge on any atom is -0.497 e. The lowest BCUT2D eigenvalue weighted by atomic mass is 10.1. The Morgan fingerprint density at radius 3 is 2.86 bits per heavy atom. The van der Waals surface area contributed by atoms with Crippen molar-refractivity contribution in [3.05, 3.63) is 75.5 Å². The van der Waals surface area contributed by atoms with Crippen LogP contribution in [0.5, 0.6) is 11.5 Å². The number of benzene rings is 2. The number of ether oxygens (including phenoxy) is 2. The van der Waals surface area contributed by atoms with Crippen molar-refractivity contribution in [1.82, 2.24) is 9.88 Å². The summed E-state index contributed by atoms with van der Waals surface area (Å²) in [5, 5.41) is 9.70. The molecule has 1 aromatic heterocycles. The Morgan fingerprint density at radius 1 is 1.23 bits per heavy atom. The number of carboxylic acids is 1. The highest BCUT2D eigenvalue weighted by molar-refractivity contribution is 7.11. The molecule has 35 heavy (non-hydrogen) atoms. The average Bonchev–Trinajstić information content (AvgIpc) is 3.52. The van der Waals surface area contributed by atoms with E-state index in [0.717, 1.165) is 28.3 Å². The highest BCUT2D eigenvalue weighted by Crippen LogP contribution is 2.35. The maximum Gasteiger partial charge on any atom is 0.303 e. The Balaban J connectivity index is 1.36. The number of hydrogen-bond donors (Lipinski definition) is 1. The fourth-order valence-corrected chi connectivity index (χ4v) is 5.18. The molecule has 1 saturated heterocycles. The zero-order chi connectivity index (χ0) is 24.8. The van der Waals surface area contributed by atoms with Crippen molar-refractivity contribution >= 4 is 23.2 Å². The number of aliphatic carboxylic acids is 1. The normalized spacial score (nSPS) is 15.3. The Bertz CT molecular complexity index is 1200. The molecule has 1 atom stereocenters. The molecule has 184 valence electrons. The highest BCUT2D eigenvalue weighted by Gasteiger charge is 2.32. The van der Waals surface area contributed by atoms with E-state index in [4.69, 9.17) is 14.6 Å². The van der Waals surface area contributed by atoms with E-state index in [1.807, 2.05) is 24.3 Å². The van der Waals surface area contributed by atoms with Crippen LogP contribution in [0.3, 0.4) is 0 Å². The number of methoxy groups -OCH3 is 1. The molecule has 1 aliphatic rings. The number of carbonyl (C=O) groups is 2. The lowest BCUT2D eigenvalue weighted by Crippen LogP contribution is -2.31. The van der Waals surface area contributed by atoms with Gasteiger partial charge < -0.3 is 19.5 Å². The third kappa shape index (κ3) is 6.36. The van der Waals surface area contributed by atoms with E-state index in [0.29, 0.717) is 24.3 Å². The molecule has 7 nitrogen and oxygen atoms in total. The molecule has 0 bridgehead atoms. The number of likely N-dealkylation sites (tertiary alicyclic amines) is 1. The second-order valence-electron chi connectivity index (χ2n) is 8.39. The molecule has 1 amide bonds. The molecular formula is C26H27FN2O5S. The number of halogens is 1. The summed E-state index contributed by atoms with van der Waals surface area (Å²) >= 11 is 1.46. The van der Waals surface area contributed by atoms with Gasteiger partial charge in [-0.1, -0.05) is 18.2 Å². The monoisotopic (exact) mass is 498 g/mol. The van der Waals surface area contributed by atoms with Gasteiger partial charge in [-0.15, -0.1) is 11.3 Å². The lowest BCUT2D eigenvalue weighted by Gasteiger charge is -2.23. The molecule has 4 rings (SSSR count). The van der Waals surface area contributed by atoms with Gasteiger partial charge in [0.15, 0.2) is 11.6 Å². The van der Waals surface area contributed by atoms with Crippen LogP contribution in [0.2, 0.25) is 0 Å². The standard InChI is InChI=1S/C26H27FN2O5S/c1-33-19-5-2-4-18(12-19)16-34-23-9-7-17(13-21(23)27)14-24(30)29-11-3-6-22(29)26-28-15-20(35-26)8-10-25(31)32/h2,4-5,7,9,12-13,15,22H,3,6,8,10-11,14,16H2,1H3,(H,31,32). The van der Waals surface area contributed by atoms with Crippen LogP contribution in [0, 0.1) is 5.82 Å². The van der Waals surface area contributed by atoms with Crippen LogP contribution in [-0.4, -0.2) is 40.5 Å². The van der Waals surface area contributed by atoms with Crippen LogP contribution >= 0.6 is 11.3 Å². The molecule has 3 aromatic rings. The van der Waals surface area contributed by atoms with E-state index >= 15 is 0 Å². The number of aromatic nitrogens is 1. The van der Waals surface area contributed by atoms with E-state index < -0.39 is 11.8 Å². The van der Waals surface area contributed by atoms with Gasteiger partial charge in [-0.05, 0) is 54.7 Å². The van der Waals surface area contributed by atoms with Crippen molar-refractivity contribution < 1.29 is 28.6 Å². The zero-order valence-corrected chi connectivity index (χ0v) is 20.2. The lowest BCUT2D eigenvalue weighted by molar-refractivity contribution is -0.137. The van der Waals surface area contributed by atoms with Crippen molar-refractivity contribution in [1.29, 1.82) is 0 Å². The molecule has 1 aliphatic heterocycles. The summed E-state index contributed by atoms with van der Waals surface area (Å²) in [6.45, 7) is 0.821. The Labute approximate surface area is 207 Å². The molecule has 1 unspecified atom stereocenters. The molecule has 1 N–H and O–H groups in total. The second-order valence-corrected chi connectivity index (χ2v) is 9.53. The fraction of sp³-hybridized carbons (Fsp3) is 0.346. The van der Waals surface area contributed by atoms with E-state index in [-0.39, 0.29) is 37.1 Å². The first-order chi connectivity index (χ1) is 16.9. The summed E-state index contributed by atoms with van der Waals surface area (Å²) in [6.07, 6.45) is 3.94. The minimum atomic E-state index is -0.846. The Hall–Kier alpha value is -3.46. The van der Waals surface area contributed by atoms with Crippen LogP contribution in [0.25, 0.3) is 0 Å². The summed E-state index contributed by atoms with van der Waals surface area (Å²) in [5.41, 5.74) is 1.43. The third-order valence-corrected chi connectivity index (χ3v) is 7.05. The van der Waals surface area contributed by atoms with Gasteiger partial charge in [-0.25, -0.2) is 9.37 Å². The summed E-state index contributed by atoms with van der Waals surface area (Å²) < 4.78 is 25.5. The maximum atomic E-state index is 14.7. The molecule has 0 saturated carbocycles. The smallest absolute Gasteiger partial charge is 0.303 e. The molecule has 2 heterocycles. The molecule has 2 aromatic carbocycles. The first kappa shape index (κ1) is 24.7. The minimum absolute atomic E-state index is 0.0553. The van der Waals surface area contributed by atoms with Gasteiger partial charge in [0.05, 0.1) is 26.0 Å². The van der Waals surface area contributed by atoms with Crippen molar-refractivity contribution in [2.75, 3.05) is 13.7 Å². The topological polar surface area (TPSA) is 89.0 Å². The van der Waals surface area contributed by atoms with Gasteiger partial charge in [0.25, 0.3) is 0 Å². The number of aryl methyl sites for hydroxylation is 1. The van der Waals surface area contributed by atoms with Gasteiger partial charge in [0.2, 0.25) is 5.91 Å². The predicted molar refractivity (Wildman–Crippen MR) is 129 cm³/mol. The number of thiazole rings is 1. The third-order valence-electron chi connectivity index (χ3n) is 5.90. The number of rotatable bonds is 10. The van der Waals surface area contributed by atoms with Crippen LogP contribution in [-0.2, 0) is 29.0 Å². The van der Waals surface area contributed by atoms with E-state index in [2.05, 4.69) is 4.98 Å². The summed E-state index contributed by atoms with van der Waals surface area (Å²) in [4.78, 5) is 31.0. The van der Waals surface area contributed by atoms with Gasteiger partial charge in [0, 0.05) is 17.6 Å². The van der Waals surface area contributed by atoms with Crippen molar-refractivity contribution in [2.24, 2.45) is 0 Å². The first-order valence-electron chi connectivity index (χ1n) is 11.4. The van der Waals surface area contributed by atoms with Crippen molar-refractivity contribution in [2.45, 2.75) is 44.8 Å². The number of hydrogen-bond acceptors (Lipinski definition) is 6. The summed E-state index contributed by atoms with van der Waals surface area (Å²) in [7, 11) is 1.58. The van der Waals surface area contributed by atoms with E-state index in [1.165, 1.54) is 17.4 Å². The van der Waals surface area contributed by atoms with Gasteiger partial charge in [0.1, 0.15) is 17.4 Å². The zero-order valence-electron chi connectivity index (χ0n) is 19.4. The average molecular weight is 499 g/mol. The van der Waals surface area contributed by atoms with Crippen LogP contribution in [0.15, 0.2) is 48.7 Å². The largest absolute Gasteiger partial charge is 0.497 e. The fourth-order valence-electron chi connectivity index (χ4n) is 4.12. The van der Waals surface area contributed by atoms with E-state index in [9.17, 15) is 14.0 Å². The molecule has 0 aliphatic carbocycles. The van der Waals surface area contributed by atoms with E-state index in [1.54, 1.807) is 30.3 Å². The maximum absolute atomic E-state index is 14.7. The second kappa shape index (κ2) is 11.3. The Kier molecular flexibility index (Phi) is 7.97. The number of carbonyl (C=O) groups excluding carboxylic acids is 1. The number of carboxylic acid groups (broad SMARTS) is 1. The van der Waals surface area contributed by atoms with Crippen molar-refractivity contribution in [3.63, 3.8) is 0 Å². The molecule has 1 fully saturated rings. The van der Waals surface area contributed by atoms with Gasteiger partial charge in [-0.2, -0.15) is 0 Å². The van der Waals surface area contributed by atoms with Gasteiger partial charge >= 0.3 is 5.97 Å². The number of amides is 1. The molecule has 0 spiro atoms. The first-order valence-corrected chi connectivity index (χ1v) is 12.2. The molecule has 0 radical (unpaired) electrons. The van der Waals surface area contributed by atoms with Crippen LogP contribution in [0.1, 0.15) is 46.3 Å². The Morgan fingerprint density at radius 2 is 2.09 bits per heavy atom.